The molecule has 0 saturated carbocycles. The molecule has 92 valence electrons. The highest BCUT2D eigenvalue weighted by Crippen LogP contribution is 2.36. The first kappa shape index (κ1) is 11.5. The molecule has 0 spiro atoms. The fraction of sp³-hybridized carbons (Fsp3) is 0.615. The van der Waals surface area contributed by atoms with Gasteiger partial charge >= 0.3 is 0 Å². The Morgan fingerprint density at radius 2 is 2.06 bits per heavy atom. The Bertz CT molecular complexity index is 395. The van der Waals surface area contributed by atoms with Gasteiger partial charge in [-0.25, -0.2) is 0 Å². The van der Waals surface area contributed by atoms with Crippen LogP contribution in [-0.4, -0.2) is 28.0 Å². The summed E-state index contributed by atoms with van der Waals surface area (Å²) in [7, 11) is 0. The number of rotatable bonds is 2. The molecule has 1 aromatic heterocycles. The van der Waals surface area contributed by atoms with Gasteiger partial charge in [0.05, 0.1) is 5.69 Å². The molecule has 2 saturated heterocycles. The molecule has 4 heteroatoms. The maximum atomic E-state index is 6.07. The Labute approximate surface area is 107 Å². The van der Waals surface area contributed by atoms with Gasteiger partial charge in [-0.2, -0.15) is 0 Å². The second-order valence-corrected chi connectivity index (χ2v) is 5.69. The molecule has 0 amide bonds. The van der Waals surface area contributed by atoms with Crippen LogP contribution in [-0.2, 0) is 6.54 Å². The van der Waals surface area contributed by atoms with Gasteiger partial charge in [-0.1, -0.05) is 11.6 Å². The van der Waals surface area contributed by atoms with Crippen molar-refractivity contribution in [1.82, 2.24) is 9.88 Å². The number of hydrogen-bond donors (Lipinski definition) is 1. The first-order chi connectivity index (χ1) is 8.22. The standard InChI is InChI=1S/C13H18ClN3/c14-9-3-4-16-11(5-9)8-17-12-1-2-13(17)7-10(15)6-12/h3-5,10,12-13H,1-2,6-8,15H2. The van der Waals surface area contributed by atoms with Crippen LogP contribution in [0.2, 0.25) is 5.02 Å². The average Bonchev–Trinajstić information content (AvgIpc) is 2.54. The Balaban J connectivity index is 1.74. The molecule has 2 N–H and O–H groups in total. The lowest BCUT2D eigenvalue weighted by Crippen LogP contribution is -2.46. The minimum absolute atomic E-state index is 0.399. The number of piperidine rings is 1. The van der Waals surface area contributed by atoms with Crippen molar-refractivity contribution >= 4 is 11.6 Å². The van der Waals surface area contributed by atoms with Gasteiger partial charge in [0.1, 0.15) is 0 Å². The van der Waals surface area contributed by atoms with Gasteiger partial charge in [0.2, 0.25) is 0 Å². The highest BCUT2D eigenvalue weighted by atomic mass is 35.5. The average molecular weight is 252 g/mol. The fourth-order valence-electron chi connectivity index (χ4n) is 3.30. The van der Waals surface area contributed by atoms with Crippen molar-refractivity contribution in [2.24, 2.45) is 5.73 Å². The van der Waals surface area contributed by atoms with E-state index < -0.39 is 0 Å². The van der Waals surface area contributed by atoms with E-state index in [-0.39, 0.29) is 0 Å². The van der Waals surface area contributed by atoms with E-state index in [0.717, 1.165) is 30.1 Å². The number of aromatic nitrogens is 1. The number of nitrogens with zero attached hydrogens (tertiary/aromatic N) is 2. The third-order valence-electron chi connectivity index (χ3n) is 4.04. The Hall–Kier alpha value is -0.640. The van der Waals surface area contributed by atoms with E-state index >= 15 is 0 Å². The van der Waals surface area contributed by atoms with Crippen molar-refractivity contribution in [3.05, 3.63) is 29.0 Å². The second-order valence-electron chi connectivity index (χ2n) is 5.25. The monoisotopic (exact) mass is 251 g/mol. The van der Waals surface area contributed by atoms with Gasteiger partial charge in [-0.05, 0) is 37.8 Å². The predicted octanol–water partition coefficient (Wildman–Crippen LogP) is 2.19. The van der Waals surface area contributed by atoms with Gasteiger partial charge in [0, 0.05) is 35.9 Å². The molecule has 3 rings (SSSR count). The van der Waals surface area contributed by atoms with Gasteiger partial charge in [0.15, 0.2) is 0 Å². The summed E-state index contributed by atoms with van der Waals surface area (Å²) in [6.45, 7) is 0.919. The molecule has 0 aromatic carbocycles. The molecule has 2 aliphatic rings. The molecule has 0 radical (unpaired) electrons. The van der Waals surface area contributed by atoms with Crippen molar-refractivity contribution in [3.8, 4) is 0 Å². The highest BCUT2D eigenvalue weighted by molar-refractivity contribution is 6.30. The molecule has 3 heterocycles. The van der Waals surface area contributed by atoms with E-state index in [1.807, 2.05) is 12.1 Å². The minimum atomic E-state index is 0.399. The molecule has 0 aliphatic carbocycles. The van der Waals surface area contributed by atoms with Crippen LogP contribution in [0.15, 0.2) is 18.3 Å². The Morgan fingerprint density at radius 3 is 2.71 bits per heavy atom. The Kier molecular flexibility index (Phi) is 3.07. The van der Waals surface area contributed by atoms with Crippen LogP contribution in [0.3, 0.4) is 0 Å². The molecule has 2 bridgehead atoms. The fourth-order valence-corrected chi connectivity index (χ4v) is 3.48. The number of halogens is 1. The second kappa shape index (κ2) is 4.56. The third kappa shape index (κ3) is 2.32. The molecule has 2 atom stereocenters. The van der Waals surface area contributed by atoms with Gasteiger partial charge < -0.3 is 5.73 Å². The quantitative estimate of drug-likeness (QED) is 0.876. The lowest BCUT2D eigenvalue weighted by atomic mass is 9.98. The summed E-state index contributed by atoms with van der Waals surface area (Å²) < 4.78 is 0. The van der Waals surface area contributed by atoms with Gasteiger partial charge in [-0.3, -0.25) is 9.88 Å². The van der Waals surface area contributed by atoms with E-state index in [1.54, 1.807) is 6.20 Å². The zero-order valence-electron chi connectivity index (χ0n) is 9.85. The van der Waals surface area contributed by atoms with Gasteiger partial charge in [0.25, 0.3) is 0 Å². The SMILES string of the molecule is NC1CC2CCC(C1)N2Cc1cc(Cl)ccn1. The van der Waals surface area contributed by atoms with Crippen LogP contribution in [0.5, 0.6) is 0 Å². The Morgan fingerprint density at radius 1 is 1.35 bits per heavy atom. The van der Waals surface area contributed by atoms with E-state index in [2.05, 4.69) is 9.88 Å². The molecule has 2 unspecified atom stereocenters. The summed E-state index contributed by atoms with van der Waals surface area (Å²) in [5.74, 6) is 0. The number of nitrogens with two attached hydrogens (primary N) is 1. The summed E-state index contributed by atoms with van der Waals surface area (Å²) in [5.41, 5.74) is 7.15. The molecule has 2 aliphatic heterocycles. The lowest BCUT2D eigenvalue weighted by molar-refractivity contribution is 0.118. The maximum absolute atomic E-state index is 6.07. The van der Waals surface area contributed by atoms with Crippen molar-refractivity contribution < 1.29 is 0 Å². The zero-order valence-corrected chi connectivity index (χ0v) is 10.6. The van der Waals surface area contributed by atoms with Crippen LogP contribution in [0, 0.1) is 0 Å². The number of hydrogen-bond acceptors (Lipinski definition) is 3. The molecular weight excluding hydrogens is 234 g/mol. The predicted molar refractivity (Wildman–Crippen MR) is 68.8 cm³/mol. The zero-order chi connectivity index (χ0) is 11.8. The molecule has 3 nitrogen and oxygen atoms in total. The number of fused-ring (bicyclic) bond motifs is 2. The van der Waals surface area contributed by atoms with E-state index in [1.165, 1.54) is 12.8 Å². The van der Waals surface area contributed by atoms with E-state index in [9.17, 15) is 0 Å². The van der Waals surface area contributed by atoms with E-state index in [4.69, 9.17) is 17.3 Å². The first-order valence-corrected chi connectivity index (χ1v) is 6.72. The molecule has 2 fully saturated rings. The topological polar surface area (TPSA) is 42.1 Å². The maximum Gasteiger partial charge on any atom is 0.0558 e. The molecule has 17 heavy (non-hydrogen) atoms. The smallest absolute Gasteiger partial charge is 0.0558 e. The minimum Gasteiger partial charge on any atom is -0.328 e. The van der Waals surface area contributed by atoms with Crippen molar-refractivity contribution in [1.29, 1.82) is 0 Å². The third-order valence-corrected chi connectivity index (χ3v) is 4.28. The lowest BCUT2D eigenvalue weighted by Gasteiger charge is -2.37. The molecule has 1 aromatic rings. The largest absolute Gasteiger partial charge is 0.328 e. The van der Waals surface area contributed by atoms with Crippen LogP contribution >= 0.6 is 11.6 Å². The summed E-state index contributed by atoms with van der Waals surface area (Å²) >= 11 is 6.00. The summed E-state index contributed by atoms with van der Waals surface area (Å²) in [6, 6.07) is 5.51. The summed E-state index contributed by atoms with van der Waals surface area (Å²) in [5, 5.41) is 0.774. The van der Waals surface area contributed by atoms with Crippen molar-refractivity contribution in [2.45, 2.75) is 50.4 Å². The summed E-state index contributed by atoms with van der Waals surface area (Å²) in [4.78, 5) is 6.96. The normalized spacial score (nSPS) is 32.9. The van der Waals surface area contributed by atoms with Crippen LogP contribution in [0.4, 0.5) is 0 Å². The van der Waals surface area contributed by atoms with Crippen molar-refractivity contribution in [2.75, 3.05) is 0 Å². The summed E-state index contributed by atoms with van der Waals surface area (Å²) in [6.07, 6.45) is 6.64. The van der Waals surface area contributed by atoms with Crippen LogP contribution in [0.1, 0.15) is 31.4 Å². The first-order valence-electron chi connectivity index (χ1n) is 6.34. The molecular formula is C13H18ClN3. The van der Waals surface area contributed by atoms with Crippen molar-refractivity contribution in [3.63, 3.8) is 0 Å². The number of pyridine rings is 1. The van der Waals surface area contributed by atoms with Gasteiger partial charge in [-0.15, -0.1) is 0 Å². The van der Waals surface area contributed by atoms with E-state index in [0.29, 0.717) is 18.1 Å². The highest BCUT2D eigenvalue weighted by Gasteiger charge is 2.39. The van der Waals surface area contributed by atoms with Crippen LogP contribution in [0.25, 0.3) is 0 Å². The van der Waals surface area contributed by atoms with Crippen LogP contribution < -0.4 is 5.73 Å².